The van der Waals surface area contributed by atoms with Gasteiger partial charge in [-0.15, -0.1) is 0 Å². The molecular formula is C30H28F2O8. The molecule has 0 radical (unpaired) electrons. The zero-order valence-electron chi connectivity index (χ0n) is 21.4. The van der Waals surface area contributed by atoms with Crippen LogP contribution in [0.5, 0.6) is 11.5 Å². The number of benzene rings is 3. The second kappa shape index (κ2) is 14.6. The van der Waals surface area contributed by atoms with E-state index in [0.717, 1.165) is 12.2 Å². The molecule has 0 fully saturated rings. The zero-order chi connectivity index (χ0) is 29.1. The highest BCUT2D eigenvalue weighted by atomic mass is 19.2. The number of carbonyl (C=O) groups is 2. The predicted molar refractivity (Wildman–Crippen MR) is 143 cm³/mol. The van der Waals surface area contributed by atoms with E-state index < -0.39 is 35.8 Å². The van der Waals surface area contributed by atoms with Gasteiger partial charge >= 0.3 is 11.9 Å². The standard InChI is InChI=1S/C30H28F2O8/c1-3-27(35)39-17-21(33)15-37-23-9-5-19(6-10-23)25-13-14-26(30(32)29(25)31)20-7-11-24(12-8-20)38-16-22(34)18-40-28(36)4-2/h3-14,21-22,33-34H,1-2,15-18H2. The molecule has 0 aliphatic heterocycles. The Morgan fingerprint density at radius 2 is 1.00 bits per heavy atom. The van der Waals surface area contributed by atoms with E-state index in [9.17, 15) is 19.8 Å². The van der Waals surface area contributed by atoms with Crippen LogP contribution in [0.3, 0.4) is 0 Å². The van der Waals surface area contributed by atoms with Gasteiger partial charge in [-0.3, -0.25) is 0 Å². The summed E-state index contributed by atoms with van der Waals surface area (Å²) in [5.74, 6) is -2.61. The third kappa shape index (κ3) is 8.48. The Morgan fingerprint density at radius 3 is 1.32 bits per heavy atom. The molecule has 3 aromatic rings. The fourth-order valence-electron chi connectivity index (χ4n) is 3.41. The highest BCUT2D eigenvalue weighted by molar-refractivity contribution is 5.81. The van der Waals surface area contributed by atoms with Crippen molar-refractivity contribution in [2.45, 2.75) is 12.2 Å². The molecule has 0 saturated heterocycles. The Bertz CT molecular complexity index is 1220. The van der Waals surface area contributed by atoms with Gasteiger partial charge in [0.05, 0.1) is 0 Å². The molecule has 3 aromatic carbocycles. The average molecular weight is 555 g/mol. The van der Waals surface area contributed by atoms with Gasteiger partial charge in [0.1, 0.15) is 50.1 Å². The van der Waals surface area contributed by atoms with Crippen molar-refractivity contribution < 1.29 is 47.5 Å². The fraction of sp³-hybridized carbons (Fsp3) is 0.200. The van der Waals surface area contributed by atoms with Gasteiger partial charge in [0.2, 0.25) is 0 Å². The zero-order valence-corrected chi connectivity index (χ0v) is 21.4. The number of hydrogen-bond acceptors (Lipinski definition) is 8. The molecule has 10 heteroatoms. The third-order valence-electron chi connectivity index (χ3n) is 5.47. The average Bonchev–Trinajstić information content (AvgIpc) is 2.98. The van der Waals surface area contributed by atoms with E-state index in [1.54, 1.807) is 48.5 Å². The largest absolute Gasteiger partial charge is 0.491 e. The normalized spacial score (nSPS) is 12.1. The van der Waals surface area contributed by atoms with Crippen LogP contribution in [-0.4, -0.2) is 60.8 Å². The molecule has 0 aromatic heterocycles. The van der Waals surface area contributed by atoms with E-state index in [4.69, 9.17) is 18.9 Å². The lowest BCUT2D eigenvalue weighted by Gasteiger charge is -2.14. The lowest BCUT2D eigenvalue weighted by Crippen LogP contribution is -2.24. The van der Waals surface area contributed by atoms with Gasteiger partial charge in [0, 0.05) is 23.3 Å². The molecule has 8 nitrogen and oxygen atoms in total. The number of carbonyl (C=O) groups excluding carboxylic acids is 2. The van der Waals surface area contributed by atoms with E-state index in [1.807, 2.05) is 0 Å². The molecule has 40 heavy (non-hydrogen) atoms. The SMILES string of the molecule is C=CC(=O)OCC(O)COc1ccc(-c2ccc(-c3ccc(OCC(O)COC(=O)C=C)cc3)c(F)c2F)cc1. The van der Waals surface area contributed by atoms with Crippen LogP contribution in [-0.2, 0) is 19.1 Å². The maximum absolute atomic E-state index is 15.0. The first-order chi connectivity index (χ1) is 19.2. The Morgan fingerprint density at radius 1 is 0.650 bits per heavy atom. The lowest BCUT2D eigenvalue weighted by molar-refractivity contribution is -0.142. The molecule has 0 aliphatic rings. The Labute approximate surface area is 229 Å². The highest BCUT2D eigenvalue weighted by Crippen LogP contribution is 2.33. The molecule has 0 saturated carbocycles. The molecule has 2 N–H and O–H groups in total. The predicted octanol–water partition coefficient (Wildman–Crippen LogP) is 4.24. The van der Waals surface area contributed by atoms with Gasteiger partial charge in [-0.05, 0) is 35.4 Å². The van der Waals surface area contributed by atoms with Gasteiger partial charge in [-0.25, -0.2) is 18.4 Å². The monoisotopic (exact) mass is 554 g/mol. The first-order valence-electron chi connectivity index (χ1n) is 12.1. The Balaban J connectivity index is 1.60. The van der Waals surface area contributed by atoms with E-state index in [1.165, 1.54) is 12.1 Å². The maximum Gasteiger partial charge on any atom is 0.330 e. The van der Waals surface area contributed by atoms with Gasteiger partial charge in [-0.2, -0.15) is 0 Å². The van der Waals surface area contributed by atoms with E-state index >= 15 is 8.78 Å². The summed E-state index contributed by atoms with van der Waals surface area (Å²) in [6, 6.07) is 15.3. The number of rotatable bonds is 14. The topological polar surface area (TPSA) is 112 Å². The van der Waals surface area contributed by atoms with Crippen molar-refractivity contribution in [3.8, 4) is 33.8 Å². The van der Waals surface area contributed by atoms with Crippen molar-refractivity contribution in [2.24, 2.45) is 0 Å². The molecule has 210 valence electrons. The first-order valence-corrected chi connectivity index (χ1v) is 12.1. The molecule has 0 bridgehead atoms. The summed E-state index contributed by atoms with van der Waals surface area (Å²) in [5, 5.41) is 19.6. The first kappa shape index (κ1) is 30.0. The minimum atomic E-state index is -1.05. The van der Waals surface area contributed by atoms with Crippen LogP contribution in [0.4, 0.5) is 8.78 Å². The van der Waals surface area contributed by atoms with E-state index in [2.05, 4.69) is 13.2 Å². The second-order valence-corrected chi connectivity index (χ2v) is 8.44. The van der Waals surface area contributed by atoms with Crippen LogP contribution in [0, 0.1) is 11.6 Å². The summed E-state index contributed by atoms with van der Waals surface area (Å²) in [6.45, 7) is 5.72. The molecule has 3 rings (SSSR count). The summed E-state index contributed by atoms with van der Waals surface area (Å²) in [5.41, 5.74) is 0.930. The van der Waals surface area contributed by atoms with Gasteiger partial charge in [0.25, 0.3) is 0 Å². The van der Waals surface area contributed by atoms with Crippen molar-refractivity contribution in [1.29, 1.82) is 0 Å². The number of hydrogen-bond donors (Lipinski definition) is 2. The Kier molecular flexibility index (Phi) is 10.9. The van der Waals surface area contributed by atoms with E-state index in [-0.39, 0.29) is 37.6 Å². The summed E-state index contributed by atoms with van der Waals surface area (Å²) in [7, 11) is 0. The lowest BCUT2D eigenvalue weighted by atomic mass is 9.98. The van der Waals surface area contributed by atoms with Gasteiger partial charge in [-0.1, -0.05) is 49.6 Å². The molecule has 0 aliphatic carbocycles. The Hall–Kier alpha value is -4.54. The molecular weight excluding hydrogens is 526 g/mol. The molecule has 2 unspecified atom stereocenters. The minimum absolute atomic E-state index is 0.0512. The maximum atomic E-state index is 15.0. The number of ether oxygens (including phenoxy) is 4. The molecule has 0 amide bonds. The van der Waals surface area contributed by atoms with Crippen LogP contribution >= 0.6 is 0 Å². The van der Waals surface area contributed by atoms with Crippen LogP contribution in [0.15, 0.2) is 86.0 Å². The number of halogens is 2. The third-order valence-corrected chi connectivity index (χ3v) is 5.47. The van der Waals surface area contributed by atoms with Crippen molar-refractivity contribution in [2.75, 3.05) is 26.4 Å². The fourth-order valence-corrected chi connectivity index (χ4v) is 3.41. The van der Waals surface area contributed by atoms with Crippen LogP contribution in [0.1, 0.15) is 0 Å². The summed E-state index contributed by atoms with van der Waals surface area (Å²) < 4.78 is 50.4. The van der Waals surface area contributed by atoms with Crippen molar-refractivity contribution >= 4 is 11.9 Å². The van der Waals surface area contributed by atoms with Gasteiger partial charge < -0.3 is 29.2 Å². The number of aliphatic hydroxyl groups excluding tert-OH is 2. The quantitative estimate of drug-likeness (QED) is 0.225. The van der Waals surface area contributed by atoms with Crippen molar-refractivity contribution in [3.05, 3.63) is 97.6 Å². The number of esters is 2. The molecule has 0 heterocycles. The summed E-state index contributed by atoms with van der Waals surface area (Å²) in [4.78, 5) is 22.1. The van der Waals surface area contributed by atoms with Crippen LogP contribution in [0.25, 0.3) is 22.3 Å². The highest BCUT2D eigenvalue weighted by Gasteiger charge is 2.17. The van der Waals surface area contributed by atoms with Crippen molar-refractivity contribution in [1.82, 2.24) is 0 Å². The molecule has 2 atom stereocenters. The smallest absolute Gasteiger partial charge is 0.330 e. The summed E-state index contributed by atoms with van der Waals surface area (Å²) in [6.07, 6.45) is -0.138. The van der Waals surface area contributed by atoms with E-state index in [0.29, 0.717) is 22.6 Å². The van der Waals surface area contributed by atoms with Gasteiger partial charge in [0.15, 0.2) is 11.6 Å². The molecule has 0 spiro atoms. The summed E-state index contributed by atoms with van der Waals surface area (Å²) >= 11 is 0. The minimum Gasteiger partial charge on any atom is -0.491 e. The van der Waals surface area contributed by atoms with Crippen LogP contribution in [0.2, 0.25) is 0 Å². The van der Waals surface area contributed by atoms with Crippen molar-refractivity contribution in [3.63, 3.8) is 0 Å². The number of aliphatic hydroxyl groups is 2. The second-order valence-electron chi connectivity index (χ2n) is 8.44. The van der Waals surface area contributed by atoms with Crippen LogP contribution < -0.4 is 9.47 Å².